The minimum atomic E-state index is -0.373. The molecule has 22 heavy (non-hydrogen) atoms. The molecule has 0 atom stereocenters. The molecular weight excluding hydrogens is 284 g/mol. The molecule has 0 aromatic carbocycles. The van der Waals surface area contributed by atoms with E-state index in [1.807, 2.05) is 17.7 Å². The number of nitrogens with zero attached hydrogens (tertiary/aromatic N) is 3. The first-order chi connectivity index (χ1) is 10.6. The molecule has 0 spiro atoms. The maximum absolute atomic E-state index is 11.7. The van der Waals surface area contributed by atoms with Crippen molar-refractivity contribution in [1.82, 2.24) is 14.5 Å². The molecule has 2 aromatic heterocycles. The Morgan fingerprint density at radius 1 is 1.27 bits per heavy atom. The van der Waals surface area contributed by atoms with Crippen molar-refractivity contribution in [1.29, 1.82) is 0 Å². The third-order valence-corrected chi connectivity index (χ3v) is 2.97. The molecule has 0 fully saturated rings. The predicted molar refractivity (Wildman–Crippen MR) is 80.6 cm³/mol. The molecule has 0 aliphatic heterocycles. The standard InChI is InChI=1S/C15H18N4O3/c1-3-22-15(21)7-6-14(20)18-12-4-5-13(17-10-12)19-9-8-16-11(19)2/h4-5,8-10H,3,6-7H2,1-2H3,(H,18,20). The number of esters is 1. The summed E-state index contributed by atoms with van der Waals surface area (Å²) >= 11 is 0. The number of hydrogen-bond acceptors (Lipinski definition) is 5. The predicted octanol–water partition coefficient (Wildman–Crippen LogP) is 1.86. The van der Waals surface area contributed by atoms with Crippen molar-refractivity contribution in [3.05, 3.63) is 36.5 Å². The molecule has 2 rings (SSSR count). The Hall–Kier alpha value is -2.70. The average Bonchev–Trinajstić information content (AvgIpc) is 2.92. The fourth-order valence-electron chi connectivity index (χ4n) is 1.89. The minimum Gasteiger partial charge on any atom is -0.466 e. The molecule has 116 valence electrons. The molecule has 1 N–H and O–H groups in total. The van der Waals surface area contributed by atoms with Gasteiger partial charge in [-0.25, -0.2) is 9.97 Å². The van der Waals surface area contributed by atoms with Crippen molar-refractivity contribution in [2.24, 2.45) is 0 Å². The molecule has 2 heterocycles. The van der Waals surface area contributed by atoms with Crippen molar-refractivity contribution in [2.45, 2.75) is 26.7 Å². The second-order valence-electron chi connectivity index (χ2n) is 4.60. The van der Waals surface area contributed by atoms with Gasteiger partial charge in [0.1, 0.15) is 11.6 Å². The second-order valence-corrected chi connectivity index (χ2v) is 4.60. The molecule has 0 aliphatic rings. The van der Waals surface area contributed by atoms with Crippen LogP contribution in [0.2, 0.25) is 0 Å². The molecule has 7 heteroatoms. The number of pyridine rings is 1. The number of carbonyl (C=O) groups excluding carboxylic acids is 2. The van der Waals surface area contributed by atoms with E-state index in [4.69, 9.17) is 4.74 Å². The quantitative estimate of drug-likeness (QED) is 0.823. The number of hydrogen-bond donors (Lipinski definition) is 1. The topological polar surface area (TPSA) is 86.1 Å². The van der Waals surface area contributed by atoms with E-state index in [0.29, 0.717) is 12.3 Å². The fourth-order valence-corrected chi connectivity index (χ4v) is 1.89. The third kappa shape index (κ3) is 4.15. The van der Waals surface area contributed by atoms with Crippen molar-refractivity contribution in [2.75, 3.05) is 11.9 Å². The van der Waals surface area contributed by atoms with Crippen molar-refractivity contribution in [3.63, 3.8) is 0 Å². The summed E-state index contributed by atoms with van der Waals surface area (Å²) in [5.74, 6) is 0.932. The molecule has 2 aromatic rings. The number of aryl methyl sites for hydroxylation is 1. The van der Waals surface area contributed by atoms with Gasteiger partial charge < -0.3 is 10.1 Å². The van der Waals surface area contributed by atoms with Crippen LogP contribution in [0.25, 0.3) is 5.82 Å². The van der Waals surface area contributed by atoms with Gasteiger partial charge in [-0.2, -0.15) is 0 Å². The van der Waals surface area contributed by atoms with Crippen LogP contribution in [0.4, 0.5) is 5.69 Å². The van der Waals surface area contributed by atoms with Crippen LogP contribution < -0.4 is 5.32 Å². The highest BCUT2D eigenvalue weighted by molar-refractivity contribution is 5.92. The van der Waals surface area contributed by atoms with E-state index >= 15 is 0 Å². The lowest BCUT2D eigenvalue weighted by atomic mass is 10.3. The number of carbonyl (C=O) groups is 2. The van der Waals surface area contributed by atoms with E-state index in [1.54, 1.807) is 31.5 Å². The van der Waals surface area contributed by atoms with Gasteiger partial charge in [-0.15, -0.1) is 0 Å². The Bertz CT molecular complexity index is 649. The Kier molecular flexibility index (Phi) is 5.24. The van der Waals surface area contributed by atoms with Gasteiger partial charge in [-0.05, 0) is 26.0 Å². The van der Waals surface area contributed by atoms with Gasteiger partial charge in [-0.3, -0.25) is 14.2 Å². The van der Waals surface area contributed by atoms with Gasteiger partial charge in [0.2, 0.25) is 5.91 Å². The Morgan fingerprint density at radius 3 is 2.68 bits per heavy atom. The summed E-state index contributed by atoms with van der Waals surface area (Å²) in [6, 6.07) is 3.54. The monoisotopic (exact) mass is 302 g/mol. The van der Waals surface area contributed by atoms with Gasteiger partial charge in [0.15, 0.2) is 0 Å². The van der Waals surface area contributed by atoms with E-state index in [1.165, 1.54) is 0 Å². The van der Waals surface area contributed by atoms with Crippen LogP contribution in [0.5, 0.6) is 0 Å². The molecule has 1 amide bonds. The van der Waals surface area contributed by atoms with Crippen molar-refractivity contribution in [3.8, 4) is 5.82 Å². The lowest BCUT2D eigenvalue weighted by Crippen LogP contribution is -2.14. The van der Waals surface area contributed by atoms with Crippen LogP contribution in [-0.4, -0.2) is 33.0 Å². The summed E-state index contributed by atoms with van der Waals surface area (Å²) in [5, 5.41) is 2.69. The molecule has 0 aliphatic carbocycles. The van der Waals surface area contributed by atoms with Gasteiger partial charge in [0.05, 0.1) is 24.9 Å². The van der Waals surface area contributed by atoms with E-state index in [9.17, 15) is 9.59 Å². The van der Waals surface area contributed by atoms with Gasteiger partial charge in [0, 0.05) is 18.8 Å². The molecule has 0 radical (unpaired) electrons. The van der Waals surface area contributed by atoms with Crippen LogP contribution in [0.1, 0.15) is 25.6 Å². The summed E-state index contributed by atoms with van der Waals surface area (Å²) < 4.78 is 6.61. The Morgan fingerprint density at radius 2 is 2.09 bits per heavy atom. The second kappa shape index (κ2) is 7.35. The highest BCUT2D eigenvalue weighted by Crippen LogP contribution is 2.12. The van der Waals surface area contributed by atoms with Gasteiger partial charge >= 0.3 is 5.97 Å². The van der Waals surface area contributed by atoms with Crippen molar-refractivity contribution >= 4 is 17.6 Å². The van der Waals surface area contributed by atoms with Crippen molar-refractivity contribution < 1.29 is 14.3 Å². The third-order valence-electron chi connectivity index (χ3n) is 2.97. The summed E-state index contributed by atoms with van der Waals surface area (Å²) in [6.45, 7) is 3.93. The molecule has 7 nitrogen and oxygen atoms in total. The SMILES string of the molecule is CCOC(=O)CCC(=O)Nc1ccc(-n2ccnc2C)nc1. The number of aromatic nitrogens is 3. The van der Waals surface area contributed by atoms with Crippen LogP contribution in [-0.2, 0) is 14.3 Å². The number of amides is 1. The largest absolute Gasteiger partial charge is 0.466 e. The first-order valence-electron chi connectivity index (χ1n) is 7.02. The number of imidazole rings is 1. The first kappa shape index (κ1) is 15.7. The van der Waals surface area contributed by atoms with Crippen LogP contribution in [0, 0.1) is 6.92 Å². The average molecular weight is 302 g/mol. The van der Waals surface area contributed by atoms with E-state index in [2.05, 4.69) is 15.3 Å². The van der Waals surface area contributed by atoms with Gasteiger partial charge in [-0.1, -0.05) is 0 Å². The maximum atomic E-state index is 11.7. The van der Waals surface area contributed by atoms with E-state index < -0.39 is 0 Å². The summed E-state index contributed by atoms with van der Waals surface area (Å²) in [7, 11) is 0. The zero-order valence-electron chi connectivity index (χ0n) is 12.6. The van der Waals surface area contributed by atoms with Crippen LogP contribution >= 0.6 is 0 Å². The highest BCUT2D eigenvalue weighted by Gasteiger charge is 2.08. The fraction of sp³-hybridized carbons (Fsp3) is 0.333. The lowest BCUT2D eigenvalue weighted by molar-refractivity contribution is -0.144. The number of nitrogens with one attached hydrogen (secondary N) is 1. The Labute approximate surface area is 128 Å². The zero-order chi connectivity index (χ0) is 15.9. The lowest BCUT2D eigenvalue weighted by Gasteiger charge is -2.07. The number of anilines is 1. The van der Waals surface area contributed by atoms with E-state index in [-0.39, 0.29) is 24.7 Å². The number of rotatable bonds is 6. The number of ether oxygens (including phenoxy) is 1. The summed E-state index contributed by atoms with van der Waals surface area (Å²) in [6.07, 6.45) is 5.23. The van der Waals surface area contributed by atoms with Crippen LogP contribution in [0.15, 0.2) is 30.7 Å². The van der Waals surface area contributed by atoms with Crippen LogP contribution in [0.3, 0.4) is 0 Å². The summed E-state index contributed by atoms with van der Waals surface area (Å²) in [4.78, 5) is 31.3. The summed E-state index contributed by atoms with van der Waals surface area (Å²) in [5.41, 5.74) is 0.579. The van der Waals surface area contributed by atoms with Gasteiger partial charge in [0.25, 0.3) is 0 Å². The highest BCUT2D eigenvalue weighted by atomic mass is 16.5. The first-order valence-corrected chi connectivity index (χ1v) is 7.02. The zero-order valence-corrected chi connectivity index (χ0v) is 12.6. The smallest absolute Gasteiger partial charge is 0.306 e. The Balaban J connectivity index is 1.90. The van der Waals surface area contributed by atoms with E-state index in [0.717, 1.165) is 11.6 Å². The molecule has 0 saturated heterocycles. The normalized spacial score (nSPS) is 10.3. The minimum absolute atomic E-state index is 0.0689. The molecule has 0 bridgehead atoms. The molecule has 0 saturated carbocycles. The molecular formula is C15H18N4O3. The molecule has 0 unspecified atom stereocenters. The maximum Gasteiger partial charge on any atom is 0.306 e.